The van der Waals surface area contributed by atoms with Gasteiger partial charge in [-0.2, -0.15) is 0 Å². The number of carbonyl (C=O) groups excluding carboxylic acids is 3. The molecule has 3 N–H and O–H groups in total. The van der Waals surface area contributed by atoms with E-state index < -0.39 is 36.3 Å². The lowest BCUT2D eigenvalue weighted by Crippen LogP contribution is -2.52. The number of amides is 3. The van der Waals surface area contributed by atoms with Crippen LogP contribution in [-0.4, -0.2) is 61.1 Å². The first kappa shape index (κ1) is 22.4. The summed E-state index contributed by atoms with van der Waals surface area (Å²) in [7, 11) is 0. The van der Waals surface area contributed by atoms with Crippen molar-refractivity contribution >= 4 is 29.4 Å². The highest BCUT2D eigenvalue weighted by molar-refractivity contribution is 6.01. The van der Waals surface area contributed by atoms with Crippen molar-refractivity contribution < 1.29 is 33.8 Å². The van der Waals surface area contributed by atoms with E-state index >= 15 is 0 Å². The summed E-state index contributed by atoms with van der Waals surface area (Å²) in [5, 5.41) is 13.8. The number of rotatable bonds is 8. The van der Waals surface area contributed by atoms with Gasteiger partial charge in [-0.05, 0) is 18.1 Å². The van der Waals surface area contributed by atoms with E-state index in [1.165, 1.54) is 4.90 Å². The molecular weight excluding hydrogens is 406 g/mol. The van der Waals surface area contributed by atoms with Gasteiger partial charge in [0.2, 0.25) is 17.7 Å². The van der Waals surface area contributed by atoms with Crippen molar-refractivity contribution in [2.45, 2.75) is 32.7 Å². The van der Waals surface area contributed by atoms with E-state index in [2.05, 4.69) is 10.6 Å². The van der Waals surface area contributed by atoms with Crippen LogP contribution in [0.4, 0.5) is 5.69 Å². The summed E-state index contributed by atoms with van der Waals surface area (Å²) in [6, 6.07) is 4.31. The summed E-state index contributed by atoms with van der Waals surface area (Å²) < 4.78 is 11.1. The first-order valence-electron chi connectivity index (χ1n) is 10.3. The third-order valence-corrected chi connectivity index (χ3v) is 5.54. The first-order chi connectivity index (χ1) is 14.8. The zero-order valence-corrected chi connectivity index (χ0v) is 17.6. The molecule has 0 aromatic heterocycles. The Kier molecular flexibility index (Phi) is 6.98. The number of carboxylic acids is 1. The molecule has 2 aliphatic heterocycles. The fraction of sp³-hybridized carbons (Fsp3) is 0.524. The Morgan fingerprint density at radius 3 is 2.61 bits per heavy atom. The lowest BCUT2D eigenvalue weighted by Gasteiger charge is -2.25. The average Bonchev–Trinajstić information content (AvgIpc) is 3.16. The Hall–Kier alpha value is -3.30. The molecule has 1 fully saturated rings. The van der Waals surface area contributed by atoms with Crippen molar-refractivity contribution in [2.24, 2.45) is 11.8 Å². The molecule has 3 amide bonds. The molecule has 0 saturated carbocycles. The van der Waals surface area contributed by atoms with Crippen molar-refractivity contribution in [3.8, 4) is 11.5 Å². The quantitative estimate of drug-likeness (QED) is 0.545. The maximum absolute atomic E-state index is 12.8. The summed E-state index contributed by atoms with van der Waals surface area (Å²) >= 11 is 0. The van der Waals surface area contributed by atoms with Crippen LogP contribution in [0, 0.1) is 11.8 Å². The highest BCUT2D eigenvalue weighted by atomic mass is 16.6. The average molecular weight is 433 g/mol. The van der Waals surface area contributed by atoms with Crippen LogP contribution >= 0.6 is 0 Å². The molecular formula is C21H27N3O7. The zero-order chi connectivity index (χ0) is 22.5. The molecule has 3 atom stereocenters. The van der Waals surface area contributed by atoms with E-state index in [1.54, 1.807) is 25.1 Å². The van der Waals surface area contributed by atoms with Gasteiger partial charge in [-0.25, -0.2) is 0 Å². The summed E-state index contributed by atoms with van der Waals surface area (Å²) in [5.41, 5.74) is 0.613. The van der Waals surface area contributed by atoms with E-state index in [4.69, 9.17) is 14.6 Å². The Balaban J connectivity index is 1.67. The van der Waals surface area contributed by atoms with Crippen LogP contribution < -0.4 is 25.0 Å². The predicted molar refractivity (Wildman–Crippen MR) is 110 cm³/mol. The van der Waals surface area contributed by atoms with Crippen molar-refractivity contribution in [2.75, 3.05) is 31.2 Å². The van der Waals surface area contributed by atoms with Crippen LogP contribution in [-0.2, 0) is 19.2 Å². The first-order valence-corrected chi connectivity index (χ1v) is 10.3. The van der Waals surface area contributed by atoms with Crippen LogP contribution in [0.1, 0.15) is 26.7 Å². The lowest BCUT2D eigenvalue weighted by atomic mass is 9.97. The molecule has 2 heterocycles. The minimum Gasteiger partial charge on any atom is -0.486 e. The zero-order valence-electron chi connectivity index (χ0n) is 17.6. The second-order valence-electron chi connectivity index (χ2n) is 7.72. The van der Waals surface area contributed by atoms with Gasteiger partial charge in [-0.1, -0.05) is 20.3 Å². The van der Waals surface area contributed by atoms with E-state index in [0.717, 1.165) is 0 Å². The monoisotopic (exact) mass is 433 g/mol. The third-order valence-electron chi connectivity index (χ3n) is 5.54. The van der Waals surface area contributed by atoms with E-state index in [0.29, 0.717) is 36.8 Å². The van der Waals surface area contributed by atoms with E-state index in [9.17, 15) is 19.2 Å². The molecule has 2 aliphatic rings. The van der Waals surface area contributed by atoms with Crippen molar-refractivity contribution in [1.29, 1.82) is 0 Å². The van der Waals surface area contributed by atoms with E-state index in [1.807, 2.05) is 6.92 Å². The lowest BCUT2D eigenvalue weighted by molar-refractivity contribution is -0.138. The number of nitrogens with zero attached hydrogens (tertiary/aromatic N) is 1. The van der Waals surface area contributed by atoms with Crippen molar-refractivity contribution in [3.63, 3.8) is 0 Å². The molecule has 31 heavy (non-hydrogen) atoms. The number of hydrogen-bond donors (Lipinski definition) is 3. The van der Waals surface area contributed by atoms with Crippen molar-refractivity contribution in [3.05, 3.63) is 18.2 Å². The molecule has 0 spiro atoms. The van der Waals surface area contributed by atoms with Gasteiger partial charge in [0.15, 0.2) is 11.5 Å². The number of aliphatic carboxylic acids is 1. The second kappa shape index (κ2) is 9.67. The standard InChI is InChI=1S/C21H27N3O7/c1-3-12(2)19(21(29)22-10-18(26)27)23-20(28)13-8-17(25)24(11-13)14-4-5-15-16(9-14)31-7-6-30-15/h4-5,9,12-13,19H,3,6-8,10-11H2,1-2H3,(H,22,29)(H,23,28)(H,26,27). The number of benzene rings is 1. The Bertz CT molecular complexity index is 873. The summed E-state index contributed by atoms with van der Waals surface area (Å²) in [6.45, 7) is 4.21. The van der Waals surface area contributed by atoms with Gasteiger partial charge in [-0.3, -0.25) is 19.2 Å². The SMILES string of the molecule is CCC(C)C(NC(=O)C1CC(=O)N(c2ccc3c(c2)OCCO3)C1)C(=O)NCC(=O)O. The van der Waals surface area contributed by atoms with Crippen LogP contribution in [0.2, 0.25) is 0 Å². The van der Waals surface area contributed by atoms with Crippen LogP contribution in [0.15, 0.2) is 18.2 Å². The molecule has 0 bridgehead atoms. The van der Waals surface area contributed by atoms with Crippen LogP contribution in [0.5, 0.6) is 11.5 Å². The summed E-state index contributed by atoms with van der Waals surface area (Å²) in [4.78, 5) is 50.1. The minimum absolute atomic E-state index is 0.0181. The smallest absolute Gasteiger partial charge is 0.322 e. The minimum atomic E-state index is -1.17. The molecule has 0 aliphatic carbocycles. The largest absolute Gasteiger partial charge is 0.486 e. The maximum Gasteiger partial charge on any atom is 0.322 e. The van der Waals surface area contributed by atoms with Crippen LogP contribution in [0.25, 0.3) is 0 Å². The Morgan fingerprint density at radius 2 is 1.94 bits per heavy atom. The molecule has 168 valence electrons. The molecule has 1 aromatic rings. The highest BCUT2D eigenvalue weighted by Gasteiger charge is 2.37. The molecule has 1 aromatic carbocycles. The van der Waals surface area contributed by atoms with Gasteiger partial charge >= 0.3 is 5.97 Å². The number of anilines is 1. The molecule has 0 radical (unpaired) electrons. The third kappa shape index (κ3) is 5.25. The number of fused-ring (bicyclic) bond motifs is 1. The second-order valence-corrected chi connectivity index (χ2v) is 7.72. The van der Waals surface area contributed by atoms with Gasteiger partial charge in [0, 0.05) is 24.7 Å². The molecule has 3 unspecified atom stereocenters. The van der Waals surface area contributed by atoms with Gasteiger partial charge in [0.1, 0.15) is 25.8 Å². The predicted octanol–water partition coefficient (Wildman–Crippen LogP) is 0.542. The van der Waals surface area contributed by atoms with Gasteiger partial charge in [0.05, 0.1) is 5.92 Å². The fourth-order valence-electron chi connectivity index (χ4n) is 3.58. The van der Waals surface area contributed by atoms with E-state index in [-0.39, 0.29) is 24.8 Å². The number of carboxylic acid groups (broad SMARTS) is 1. The Labute approximate surface area is 179 Å². The molecule has 3 rings (SSSR count). The maximum atomic E-state index is 12.8. The number of nitrogens with one attached hydrogen (secondary N) is 2. The highest BCUT2D eigenvalue weighted by Crippen LogP contribution is 2.36. The fourth-order valence-corrected chi connectivity index (χ4v) is 3.58. The van der Waals surface area contributed by atoms with Gasteiger partial charge in [-0.15, -0.1) is 0 Å². The van der Waals surface area contributed by atoms with Crippen LogP contribution in [0.3, 0.4) is 0 Å². The molecule has 1 saturated heterocycles. The normalized spacial score (nSPS) is 19.5. The topological polar surface area (TPSA) is 134 Å². The number of ether oxygens (including phenoxy) is 2. The summed E-state index contributed by atoms with van der Waals surface area (Å²) in [5.74, 6) is -2.01. The Morgan fingerprint density at radius 1 is 1.23 bits per heavy atom. The number of hydrogen-bond acceptors (Lipinski definition) is 6. The van der Waals surface area contributed by atoms with Gasteiger partial charge in [0.25, 0.3) is 0 Å². The number of carbonyl (C=O) groups is 4. The van der Waals surface area contributed by atoms with Crippen molar-refractivity contribution in [1.82, 2.24) is 10.6 Å². The summed E-state index contributed by atoms with van der Waals surface area (Å²) in [6.07, 6.45) is 0.628. The molecule has 10 heteroatoms. The molecule has 10 nitrogen and oxygen atoms in total. The van der Waals surface area contributed by atoms with Gasteiger partial charge < -0.3 is 30.1 Å².